The summed E-state index contributed by atoms with van der Waals surface area (Å²) < 4.78 is 5.06. The summed E-state index contributed by atoms with van der Waals surface area (Å²) in [5.41, 5.74) is 0.900. The number of hydrogen-bond donors (Lipinski definition) is 2. The van der Waals surface area contributed by atoms with Crippen molar-refractivity contribution in [3.8, 4) is 11.5 Å². The number of carboxylic acids is 1. The van der Waals surface area contributed by atoms with Gasteiger partial charge in [-0.3, -0.25) is 9.69 Å². The lowest BCUT2D eigenvalue weighted by Crippen LogP contribution is -2.39. The second-order valence-electron chi connectivity index (χ2n) is 4.54. The molecule has 0 aliphatic rings. The van der Waals surface area contributed by atoms with Crippen LogP contribution in [0.2, 0.25) is 0 Å². The molecule has 0 bridgehead atoms. The van der Waals surface area contributed by atoms with Gasteiger partial charge in [0.15, 0.2) is 11.5 Å². The van der Waals surface area contributed by atoms with Gasteiger partial charge >= 0.3 is 5.97 Å². The standard InChI is InChI=1S/C14H21NO4/c1-5-11(14(17)18)15(3)9(2)10-6-7-12(16)13(8-10)19-4/h6-9,11,16H,5H2,1-4H3,(H,17,18). The molecular formula is C14H21NO4. The van der Waals surface area contributed by atoms with E-state index in [0.717, 1.165) is 5.56 Å². The van der Waals surface area contributed by atoms with Gasteiger partial charge in [-0.1, -0.05) is 13.0 Å². The third kappa shape index (κ3) is 3.38. The van der Waals surface area contributed by atoms with Gasteiger partial charge in [0.1, 0.15) is 6.04 Å². The normalized spacial score (nSPS) is 14.2. The van der Waals surface area contributed by atoms with Crippen molar-refractivity contribution in [2.24, 2.45) is 0 Å². The Hall–Kier alpha value is -1.75. The van der Waals surface area contributed by atoms with Crippen LogP contribution in [0.25, 0.3) is 0 Å². The number of rotatable bonds is 6. The maximum Gasteiger partial charge on any atom is 0.320 e. The minimum absolute atomic E-state index is 0.0754. The zero-order valence-electron chi connectivity index (χ0n) is 11.8. The molecule has 106 valence electrons. The Morgan fingerprint density at radius 3 is 2.58 bits per heavy atom. The summed E-state index contributed by atoms with van der Waals surface area (Å²) in [5.74, 6) is -0.366. The average Bonchev–Trinajstić information content (AvgIpc) is 2.38. The summed E-state index contributed by atoms with van der Waals surface area (Å²) in [6.07, 6.45) is 0.533. The molecule has 19 heavy (non-hydrogen) atoms. The van der Waals surface area contributed by atoms with Crippen molar-refractivity contribution in [2.45, 2.75) is 32.4 Å². The summed E-state index contributed by atoms with van der Waals surface area (Å²) in [4.78, 5) is 13.0. The molecule has 0 spiro atoms. The van der Waals surface area contributed by atoms with E-state index in [-0.39, 0.29) is 11.8 Å². The Morgan fingerprint density at radius 2 is 2.11 bits per heavy atom. The van der Waals surface area contributed by atoms with Gasteiger partial charge in [-0.25, -0.2) is 0 Å². The van der Waals surface area contributed by atoms with Gasteiger partial charge in [0.2, 0.25) is 0 Å². The lowest BCUT2D eigenvalue weighted by atomic mass is 10.0. The fourth-order valence-corrected chi connectivity index (χ4v) is 2.10. The van der Waals surface area contributed by atoms with Gasteiger partial charge in [0.25, 0.3) is 0 Å². The van der Waals surface area contributed by atoms with Crippen LogP contribution < -0.4 is 4.74 Å². The molecule has 0 aromatic heterocycles. The van der Waals surface area contributed by atoms with Crippen LogP contribution in [0.4, 0.5) is 0 Å². The minimum Gasteiger partial charge on any atom is -0.504 e. The van der Waals surface area contributed by atoms with E-state index in [1.807, 2.05) is 13.8 Å². The maximum atomic E-state index is 11.2. The average molecular weight is 267 g/mol. The van der Waals surface area contributed by atoms with Gasteiger partial charge in [-0.05, 0) is 38.1 Å². The minimum atomic E-state index is -0.831. The summed E-state index contributed by atoms with van der Waals surface area (Å²) >= 11 is 0. The van der Waals surface area contributed by atoms with Crippen LogP contribution in [-0.2, 0) is 4.79 Å². The van der Waals surface area contributed by atoms with Crippen LogP contribution in [0.3, 0.4) is 0 Å². The molecular weight excluding hydrogens is 246 g/mol. The molecule has 0 saturated heterocycles. The molecule has 1 aromatic carbocycles. The van der Waals surface area contributed by atoms with Crippen molar-refractivity contribution in [1.29, 1.82) is 0 Å². The zero-order chi connectivity index (χ0) is 14.6. The van der Waals surface area contributed by atoms with E-state index < -0.39 is 12.0 Å². The number of ether oxygens (including phenoxy) is 1. The van der Waals surface area contributed by atoms with Gasteiger partial charge in [-0.15, -0.1) is 0 Å². The zero-order valence-corrected chi connectivity index (χ0v) is 11.8. The van der Waals surface area contributed by atoms with Crippen LogP contribution in [0.1, 0.15) is 31.9 Å². The fraction of sp³-hybridized carbons (Fsp3) is 0.500. The Balaban J connectivity index is 2.99. The first-order valence-electron chi connectivity index (χ1n) is 6.24. The second kappa shape index (κ2) is 6.43. The number of aliphatic carboxylic acids is 1. The first-order valence-corrected chi connectivity index (χ1v) is 6.24. The Bertz CT molecular complexity index is 447. The number of benzene rings is 1. The molecule has 0 saturated carbocycles. The van der Waals surface area contributed by atoms with Gasteiger partial charge in [0, 0.05) is 6.04 Å². The lowest BCUT2D eigenvalue weighted by Gasteiger charge is -2.30. The Kier molecular flexibility index (Phi) is 5.18. The van der Waals surface area contributed by atoms with Crippen molar-refractivity contribution in [2.75, 3.05) is 14.2 Å². The van der Waals surface area contributed by atoms with E-state index in [1.165, 1.54) is 7.11 Å². The molecule has 0 aliphatic carbocycles. The number of carbonyl (C=O) groups is 1. The number of methoxy groups -OCH3 is 1. The van der Waals surface area contributed by atoms with E-state index >= 15 is 0 Å². The molecule has 5 nitrogen and oxygen atoms in total. The van der Waals surface area contributed by atoms with Gasteiger partial charge < -0.3 is 14.9 Å². The van der Waals surface area contributed by atoms with Crippen LogP contribution >= 0.6 is 0 Å². The maximum absolute atomic E-state index is 11.2. The molecule has 5 heteroatoms. The van der Waals surface area contributed by atoms with Crippen LogP contribution in [-0.4, -0.2) is 41.3 Å². The van der Waals surface area contributed by atoms with Crippen molar-refractivity contribution in [3.63, 3.8) is 0 Å². The monoisotopic (exact) mass is 267 g/mol. The first kappa shape index (κ1) is 15.3. The van der Waals surface area contributed by atoms with Crippen molar-refractivity contribution >= 4 is 5.97 Å². The fourth-order valence-electron chi connectivity index (χ4n) is 2.10. The molecule has 2 atom stereocenters. The molecule has 2 N–H and O–H groups in total. The van der Waals surface area contributed by atoms with Crippen LogP contribution in [0, 0.1) is 0 Å². The quantitative estimate of drug-likeness (QED) is 0.827. The lowest BCUT2D eigenvalue weighted by molar-refractivity contribution is -0.143. The van der Waals surface area contributed by atoms with E-state index in [2.05, 4.69) is 0 Å². The highest BCUT2D eigenvalue weighted by Gasteiger charge is 2.25. The molecule has 0 amide bonds. The number of phenols is 1. The number of nitrogens with zero attached hydrogens (tertiary/aromatic N) is 1. The van der Waals surface area contributed by atoms with E-state index in [9.17, 15) is 15.0 Å². The highest BCUT2D eigenvalue weighted by atomic mass is 16.5. The molecule has 0 aliphatic heterocycles. The highest BCUT2D eigenvalue weighted by Crippen LogP contribution is 2.31. The van der Waals surface area contributed by atoms with Crippen molar-refractivity contribution < 1.29 is 19.7 Å². The van der Waals surface area contributed by atoms with Crippen LogP contribution in [0.5, 0.6) is 11.5 Å². The predicted molar refractivity (Wildman–Crippen MR) is 72.6 cm³/mol. The summed E-state index contributed by atoms with van der Waals surface area (Å²) in [7, 11) is 3.27. The topological polar surface area (TPSA) is 70.0 Å². The van der Waals surface area contributed by atoms with E-state index in [0.29, 0.717) is 12.2 Å². The van der Waals surface area contributed by atoms with Gasteiger partial charge in [0.05, 0.1) is 7.11 Å². The summed E-state index contributed by atoms with van der Waals surface area (Å²) in [6.45, 7) is 3.77. The molecule has 0 heterocycles. The number of likely N-dealkylation sites (N-methyl/N-ethyl adjacent to an activating group) is 1. The number of aromatic hydroxyl groups is 1. The molecule has 1 aromatic rings. The number of hydrogen-bond acceptors (Lipinski definition) is 4. The Labute approximate surface area is 113 Å². The van der Waals surface area contributed by atoms with E-state index in [4.69, 9.17) is 4.74 Å². The van der Waals surface area contributed by atoms with E-state index in [1.54, 1.807) is 30.1 Å². The highest BCUT2D eigenvalue weighted by molar-refractivity contribution is 5.73. The predicted octanol–water partition coefficient (Wildman–Crippen LogP) is 2.26. The smallest absolute Gasteiger partial charge is 0.320 e. The third-order valence-electron chi connectivity index (χ3n) is 3.46. The second-order valence-corrected chi connectivity index (χ2v) is 4.54. The summed E-state index contributed by atoms with van der Waals surface area (Å²) in [6, 6.07) is 4.43. The Morgan fingerprint density at radius 1 is 1.47 bits per heavy atom. The molecule has 0 radical (unpaired) electrons. The van der Waals surface area contributed by atoms with Crippen LogP contribution in [0.15, 0.2) is 18.2 Å². The summed E-state index contributed by atoms with van der Waals surface area (Å²) in [5, 5.41) is 18.7. The third-order valence-corrected chi connectivity index (χ3v) is 3.46. The largest absolute Gasteiger partial charge is 0.504 e. The molecule has 2 unspecified atom stereocenters. The number of phenolic OH excluding ortho intramolecular Hbond substituents is 1. The van der Waals surface area contributed by atoms with Gasteiger partial charge in [-0.2, -0.15) is 0 Å². The van der Waals surface area contributed by atoms with Crippen molar-refractivity contribution in [3.05, 3.63) is 23.8 Å². The molecule has 1 rings (SSSR count). The number of carboxylic acid groups (broad SMARTS) is 1. The van der Waals surface area contributed by atoms with Crippen molar-refractivity contribution in [1.82, 2.24) is 4.90 Å². The molecule has 0 fully saturated rings. The first-order chi connectivity index (χ1) is 8.92. The SMILES string of the molecule is CCC(C(=O)O)N(C)C(C)c1ccc(O)c(OC)c1.